The molecule has 0 saturated carbocycles. The van der Waals surface area contributed by atoms with Gasteiger partial charge in [-0.05, 0) is 35.4 Å². The molecule has 1 unspecified atom stereocenters. The molecule has 0 aliphatic rings. The molecule has 3 aromatic rings. The van der Waals surface area contributed by atoms with Crippen LogP contribution in [0.4, 0.5) is 4.39 Å². The molecule has 3 heteroatoms. The Morgan fingerprint density at radius 1 is 0.840 bits per heavy atom. The molecule has 0 bridgehead atoms. The molecule has 3 rings (SSSR count). The largest absolute Gasteiger partial charge is 0.335 e. The number of amides is 1. The van der Waals surface area contributed by atoms with Crippen molar-refractivity contribution in [3.05, 3.63) is 120 Å². The first-order chi connectivity index (χ1) is 12.2. The Bertz CT molecular complexity index is 860. The number of benzene rings is 3. The van der Waals surface area contributed by atoms with E-state index in [2.05, 4.69) is 11.9 Å². The molecule has 0 aromatic heterocycles. The maximum absolute atomic E-state index is 13.4. The molecule has 2 nitrogen and oxygen atoms in total. The predicted octanol–water partition coefficient (Wildman–Crippen LogP) is 4.69. The van der Waals surface area contributed by atoms with Crippen LogP contribution in [0.3, 0.4) is 0 Å². The molecule has 0 spiro atoms. The molecule has 0 fully saturated rings. The van der Waals surface area contributed by atoms with Crippen molar-refractivity contribution < 1.29 is 9.18 Å². The Morgan fingerprint density at radius 2 is 1.36 bits per heavy atom. The average Bonchev–Trinajstić information content (AvgIpc) is 2.68. The van der Waals surface area contributed by atoms with Gasteiger partial charge in [0.2, 0.25) is 0 Å². The molecule has 3 aromatic carbocycles. The fourth-order valence-corrected chi connectivity index (χ4v) is 2.85. The molecule has 1 atom stereocenters. The Hall–Kier alpha value is -3.20. The summed E-state index contributed by atoms with van der Waals surface area (Å²) < 4.78 is 13.4. The highest BCUT2D eigenvalue weighted by Gasteiger charge is 2.33. The van der Waals surface area contributed by atoms with Crippen molar-refractivity contribution in [2.45, 2.75) is 5.54 Å². The van der Waals surface area contributed by atoms with E-state index in [9.17, 15) is 9.18 Å². The van der Waals surface area contributed by atoms with Gasteiger partial charge in [-0.15, -0.1) is 6.58 Å². The summed E-state index contributed by atoms with van der Waals surface area (Å²) >= 11 is 0. The zero-order valence-corrected chi connectivity index (χ0v) is 13.7. The number of halogens is 1. The highest BCUT2D eigenvalue weighted by molar-refractivity contribution is 5.95. The fourth-order valence-electron chi connectivity index (χ4n) is 2.85. The quantitative estimate of drug-likeness (QED) is 0.676. The van der Waals surface area contributed by atoms with E-state index in [1.807, 2.05) is 48.5 Å². The van der Waals surface area contributed by atoms with Crippen LogP contribution in [0.5, 0.6) is 0 Å². The maximum Gasteiger partial charge on any atom is 0.252 e. The first-order valence-corrected chi connectivity index (χ1v) is 7.98. The van der Waals surface area contributed by atoms with E-state index in [1.165, 1.54) is 12.1 Å². The average molecular weight is 331 g/mol. The lowest BCUT2D eigenvalue weighted by atomic mass is 9.82. The summed E-state index contributed by atoms with van der Waals surface area (Å²) in [7, 11) is 0. The van der Waals surface area contributed by atoms with Crippen LogP contribution < -0.4 is 5.32 Å². The summed E-state index contributed by atoms with van der Waals surface area (Å²) in [6, 6.07) is 24.6. The van der Waals surface area contributed by atoms with Gasteiger partial charge in [0, 0.05) is 5.56 Å². The minimum atomic E-state index is -0.956. The van der Waals surface area contributed by atoms with Crippen molar-refractivity contribution in [2.24, 2.45) is 0 Å². The lowest BCUT2D eigenvalue weighted by Crippen LogP contribution is -2.45. The third-order valence-electron chi connectivity index (χ3n) is 4.18. The van der Waals surface area contributed by atoms with Crippen LogP contribution in [0, 0.1) is 5.82 Å². The van der Waals surface area contributed by atoms with Crippen molar-refractivity contribution in [3.8, 4) is 0 Å². The second-order valence-electron chi connectivity index (χ2n) is 5.71. The molecule has 0 saturated heterocycles. The molecule has 0 radical (unpaired) electrons. The van der Waals surface area contributed by atoms with Gasteiger partial charge in [-0.2, -0.15) is 0 Å². The van der Waals surface area contributed by atoms with E-state index in [0.717, 1.165) is 11.1 Å². The molecule has 124 valence electrons. The second kappa shape index (κ2) is 7.14. The number of rotatable bonds is 5. The minimum Gasteiger partial charge on any atom is -0.335 e. The smallest absolute Gasteiger partial charge is 0.252 e. The minimum absolute atomic E-state index is 0.228. The van der Waals surface area contributed by atoms with Crippen LogP contribution in [0.1, 0.15) is 21.5 Å². The van der Waals surface area contributed by atoms with E-state index in [0.29, 0.717) is 5.56 Å². The molecule has 0 aliphatic carbocycles. The van der Waals surface area contributed by atoms with E-state index in [1.54, 1.807) is 30.3 Å². The van der Waals surface area contributed by atoms with Crippen LogP contribution in [0.15, 0.2) is 97.6 Å². The molecule has 1 amide bonds. The topological polar surface area (TPSA) is 29.1 Å². The number of hydrogen-bond acceptors (Lipinski definition) is 1. The Kier molecular flexibility index (Phi) is 4.75. The monoisotopic (exact) mass is 331 g/mol. The number of hydrogen-bond donors (Lipinski definition) is 1. The van der Waals surface area contributed by atoms with E-state index >= 15 is 0 Å². The predicted molar refractivity (Wildman–Crippen MR) is 97.7 cm³/mol. The third kappa shape index (κ3) is 3.36. The zero-order chi connectivity index (χ0) is 17.7. The standard InChI is InChI=1S/C22H18FNO/c1-2-22(18-11-7-4-8-12-18,19-13-15-20(23)16-14-19)24-21(25)17-9-5-3-6-10-17/h2-16H,1H2,(H,24,25). The number of carbonyl (C=O) groups excluding carboxylic acids is 1. The van der Waals surface area contributed by atoms with Gasteiger partial charge in [0.1, 0.15) is 11.4 Å². The summed E-state index contributed by atoms with van der Waals surface area (Å²) in [5.74, 6) is -0.558. The van der Waals surface area contributed by atoms with Gasteiger partial charge < -0.3 is 5.32 Å². The van der Waals surface area contributed by atoms with Crippen molar-refractivity contribution in [1.29, 1.82) is 0 Å². The highest BCUT2D eigenvalue weighted by Crippen LogP contribution is 2.31. The maximum atomic E-state index is 13.4. The van der Waals surface area contributed by atoms with Crippen LogP contribution in [0.25, 0.3) is 0 Å². The van der Waals surface area contributed by atoms with E-state index in [-0.39, 0.29) is 11.7 Å². The summed E-state index contributed by atoms with van der Waals surface area (Å²) in [5.41, 5.74) is 1.18. The van der Waals surface area contributed by atoms with Gasteiger partial charge in [0.25, 0.3) is 5.91 Å². The zero-order valence-electron chi connectivity index (χ0n) is 13.7. The van der Waals surface area contributed by atoms with Crippen molar-refractivity contribution in [2.75, 3.05) is 0 Å². The first-order valence-electron chi connectivity index (χ1n) is 7.98. The highest BCUT2D eigenvalue weighted by atomic mass is 19.1. The van der Waals surface area contributed by atoms with Crippen LogP contribution in [-0.2, 0) is 5.54 Å². The lowest BCUT2D eigenvalue weighted by molar-refractivity contribution is 0.0927. The summed E-state index contributed by atoms with van der Waals surface area (Å²) in [6.07, 6.45) is 1.68. The Labute approximate surface area is 146 Å². The van der Waals surface area contributed by atoms with Crippen LogP contribution in [-0.4, -0.2) is 5.91 Å². The van der Waals surface area contributed by atoms with Crippen molar-refractivity contribution in [1.82, 2.24) is 5.32 Å². The van der Waals surface area contributed by atoms with Crippen molar-refractivity contribution in [3.63, 3.8) is 0 Å². The first kappa shape index (κ1) is 16.7. The second-order valence-corrected chi connectivity index (χ2v) is 5.71. The third-order valence-corrected chi connectivity index (χ3v) is 4.18. The molecule has 0 heterocycles. The summed E-state index contributed by atoms with van der Waals surface area (Å²) in [6.45, 7) is 3.95. The van der Waals surface area contributed by atoms with E-state index < -0.39 is 5.54 Å². The molecule has 25 heavy (non-hydrogen) atoms. The molecule has 1 N–H and O–H groups in total. The molecular weight excluding hydrogens is 313 g/mol. The van der Waals surface area contributed by atoms with Crippen LogP contribution >= 0.6 is 0 Å². The van der Waals surface area contributed by atoms with Gasteiger partial charge in [0.05, 0.1) is 0 Å². The fraction of sp³-hybridized carbons (Fsp3) is 0.0455. The Balaban J connectivity index is 2.10. The molecular formula is C22H18FNO. The lowest BCUT2D eigenvalue weighted by Gasteiger charge is -2.33. The summed E-state index contributed by atoms with van der Waals surface area (Å²) in [5, 5.41) is 3.07. The number of nitrogens with one attached hydrogen (secondary N) is 1. The van der Waals surface area contributed by atoms with Crippen LogP contribution in [0.2, 0.25) is 0 Å². The van der Waals surface area contributed by atoms with Gasteiger partial charge in [-0.1, -0.05) is 66.7 Å². The summed E-state index contributed by atoms with van der Waals surface area (Å²) in [4.78, 5) is 12.8. The number of carbonyl (C=O) groups is 1. The van der Waals surface area contributed by atoms with E-state index in [4.69, 9.17) is 0 Å². The normalized spacial score (nSPS) is 12.8. The van der Waals surface area contributed by atoms with Gasteiger partial charge in [-0.3, -0.25) is 4.79 Å². The van der Waals surface area contributed by atoms with Gasteiger partial charge >= 0.3 is 0 Å². The molecule has 0 aliphatic heterocycles. The SMILES string of the molecule is C=CC(NC(=O)c1ccccc1)(c1ccccc1)c1ccc(F)cc1. The van der Waals surface area contributed by atoms with Gasteiger partial charge in [-0.25, -0.2) is 4.39 Å². The van der Waals surface area contributed by atoms with Crippen molar-refractivity contribution >= 4 is 5.91 Å². The Morgan fingerprint density at radius 3 is 1.92 bits per heavy atom. The van der Waals surface area contributed by atoms with Gasteiger partial charge in [0.15, 0.2) is 0 Å².